The molecule has 0 bridgehead atoms. The molecule has 184 valence electrons. The van der Waals surface area contributed by atoms with Gasteiger partial charge in [0, 0.05) is 23.2 Å². The van der Waals surface area contributed by atoms with Crippen molar-refractivity contribution in [2.24, 2.45) is 0 Å². The molecule has 0 amide bonds. The molecule has 9 nitrogen and oxygen atoms in total. The number of benzene rings is 2. The van der Waals surface area contributed by atoms with Gasteiger partial charge in [-0.3, -0.25) is 0 Å². The Kier molecular flexibility index (Phi) is 7.17. The van der Waals surface area contributed by atoms with Gasteiger partial charge in [-0.15, -0.1) is 5.06 Å². The number of carbonyl (C=O) groups is 2. The molecule has 1 aliphatic heterocycles. The topological polar surface area (TPSA) is 111 Å². The highest BCUT2D eigenvalue weighted by Crippen LogP contribution is 2.41. The lowest BCUT2D eigenvalue weighted by Gasteiger charge is -2.36. The minimum atomic E-state index is -1.22. The minimum Gasteiger partial charge on any atom is -0.482 e. The highest BCUT2D eigenvalue weighted by Gasteiger charge is 2.36. The summed E-state index contributed by atoms with van der Waals surface area (Å²) in [6, 6.07) is 7.29. The molecule has 1 N–H and O–H groups in total. The first kappa shape index (κ1) is 24.4. The van der Waals surface area contributed by atoms with E-state index in [0.29, 0.717) is 11.5 Å². The summed E-state index contributed by atoms with van der Waals surface area (Å²) in [5.74, 6) is -2.85. The molecular weight excluding hydrogens is 490 g/mol. The van der Waals surface area contributed by atoms with Gasteiger partial charge in [0.25, 0.3) is 0 Å². The fourth-order valence-electron chi connectivity index (χ4n) is 3.79. The van der Waals surface area contributed by atoms with E-state index >= 15 is 0 Å². The number of aryl methyl sites for hydroxylation is 1. The van der Waals surface area contributed by atoms with E-state index in [-0.39, 0.29) is 47.0 Å². The van der Waals surface area contributed by atoms with Crippen LogP contribution in [0, 0.1) is 18.6 Å². The number of rotatable bonds is 7. The number of hydrogen-bond donors (Lipinski definition) is 1. The lowest BCUT2D eigenvalue weighted by atomic mass is 9.88. The van der Waals surface area contributed by atoms with Crippen LogP contribution in [0.1, 0.15) is 34.2 Å². The molecule has 2 heterocycles. The number of carboxylic acids is 1. The second-order valence-electron chi connectivity index (χ2n) is 7.65. The molecule has 1 atom stereocenters. The average Bonchev–Trinajstić information content (AvgIpc) is 3.24. The van der Waals surface area contributed by atoms with Crippen LogP contribution in [0.5, 0.6) is 5.75 Å². The molecule has 2 aromatic carbocycles. The average molecular weight is 509 g/mol. The molecule has 1 aliphatic rings. The van der Waals surface area contributed by atoms with Crippen molar-refractivity contribution in [2.75, 3.05) is 13.2 Å². The highest BCUT2D eigenvalue weighted by atomic mass is 35.5. The van der Waals surface area contributed by atoms with Crippen molar-refractivity contribution in [3.8, 4) is 5.75 Å². The number of aromatic nitrogens is 1. The van der Waals surface area contributed by atoms with Gasteiger partial charge in [0.05, 0.1) is 5.69 Å². The molecule has 3 aromatic rings. The van der Waals surface area contributed by atoms with Crippen molar-refractivity contribution in [1.29, 1.82) is 0 Å². The molecule has 4 rings (SSSR count). The maximum atomic E-state index is 14.6. The maximum Gasteiger partial charge on any atom is 0.528 e. The van der Waals surface area contributed by atoms with E-state index in [0.717, 1.165) is 6.07 Å². The van der Waals surface area contributed by atoms with Crippen molar-refractivity contribution < 1.29 is 42.3 Å². The van der Waals surface area contributed by atoms with Gasteiger partial charge >= 0.3 is 12.1 Å². The third-order valence-corrected chi connectivity index (χ3v) is 5.45. The van der Waals surface area contributed by atoms with Gasteiger partial charge in [0.15, 0.2) is 30.6 Å². The Morgan fingerprint density at radius 2 is 2.03 bits per heavy atom. The summed E-state index contributed by atoms with van der Waals surface area (Å²) in [4.78, 5) is 28.9. The lowest BCUT2D eigenvalue weighted by Crippen LogP contribution is -2.38. The van der Waals surface area contributed by atoms with Crippen LogP contribution in [-0.2, 0) is 27.4 Å². The molecule has 35 heavy (non-hydrogen) atoms. The summed E-state index contributed by atoms with van der Waals surface area (Å²) in [6.07, 6.45) is -1.05. The molecule has 0 radical (unpaired) electrons. The van der Waals surface area contributed by atoms with E-state index < -0.39 is 36.4 Å². The molecule has 0 spiro atoms. The summed E-state index contributed by atoms with van der Waals surface area (Å²) >= 11 is 6.18. The number of nitrogens with zero attached hydrogens (tertiary/aromatic N) is 2. The van der Waals surface area contributed by atoms with E-state index in [1.807, 2.05) is 0 Å². The van der Waals surface area contributed by atoms with Gasteiger partial charge in [-0.2, -0.15) is 0 Å². The Morgan fingerprint density at radius 1 is 1.23 bits per heavy atom. The van der Waals surface area contributed by atoms with E-state index in [1.165, 1.54) is 29.3 Å². The van der Waals surface area contributed by atoms with E-state index in [9.17, 15) is 18.4 Å². The number of hydrogen-bond acceptors (Lipinski definition) is 8. The van der Waals surface area contributed by atoms with Crippen LogP contribution in [0.3, 0.4) is 0 Å². The zero-order chi connectivity index (χ0) is 25.1. The van der Waals surface area contributed by atoms with Gasteiger partial charge in [0.2, 0.25) is 0 Å². The maximum absolute atomic E-state index is 14.6. The van der Waals surface area contributed by atoms with Crippen LogP contribution in [-0.4, -0.2) is 40.6 Å². The highest BCUT2D eigenvalue weighted by molar-refractivity contribution is 6.30. The Balaban J connectivity index is 1.67. The van der Waals surface area contributed by atoms with E-state index in [2.05, 4.69) is 5.16 Å². The first-order valence-electron chi connectivity index (χ1n) is 10.4. The zero-order valence-corrected chi connectivity index (χ0v) is 19.1. The second-order valence-corrected chi connectivity index (χ2v) is 8.09. The molecule has 0 saturated heterocycles. The molecule has 0 fully saturated rings. The predicted octanol–water partition coefficient (Wildman–Crippen LogP) is 4.59. The Bertz CT molecular complexity index is 1270. The molecule has 0 saturated carbocycles. The molecule has 0 aliphatic carbocycles. The van der Waals surface area contributed by atoms with E-state index in [1.54, 1.807) is 13.0 Å². The largest absolute Gasteiger partial charge is 0.528 e. The molecular formula is C23H19ClF2N2O7. The van der Waals surface area contributed by atoms with Crippen LogP contribution >= 0.6 is 11.6 Å². The van der Waals surface area contributed by atoms with Crippen LogP contribution in [0.25, 0.3) is 0 Å². The Labute approximate surface area is 202 Å². The number of carboxylic acid groups (broad SMARTS) is 1. The van der Waals surface area contributed by atoms with Crippen LogP contribution in [0.15, 0.2) is 40.9 Å². The zero-order valence-electron chi connectivity index (χ0n) is 18.3. The first-order valence-corrected chi connectivity index (χ1v) is 10.7. The number of hydroxylamine groups is 2. The first-order chi connectivity index (χ1) is 16.7. The summed E-state index contributed by atoms with van der Waals surface area (Å²) in [5.41, 5.74) is 1.26. The van der Waals surface area contributed by atoms with Gasteiger partial charge in [-0.05, 0) is 48.7 Å². The van der Waals surface area contributed by atoms with Gasteiger partial charge in [-0.25, -0.2) is 18.4 Å². The standard InChI is InChI=1S/C23H19ClF2N2O7/c1-12-8-14(34-27-12)10-33-23(31)35-28-7-6-15-16(3-4-18(25)21(15)26)22(28)17-9-13(24)2-5-19(17)32-11-20(29)30/h2-5,8-9,22H,6-7,10-11H2,1H3,(H,29,30)/t22-/m0/s1. The Morgan fingerprint density at radius 3 is 2.74 bits per heavy atom. The number of carbonyl (C=O) groups excluding carboxylic acids is 1. The summed E-state index contributed by atoms with van der Waals surface area (Å²) in [7, 11) is 0. The van der Waals surface area contributed by atoms with Crippen molar-refractivity contribution in [3.05, 3.63) is 81.2 Å². The number of ether oxygens (including phenoxy) is 2. The van der Waals surface area contributed by atoms with Crippen molar-refractivity contribution in [1.82, 2.24) is 10.2 Å². The van der Waals surface area contributed by atoms with Crippen molar-refractivity contribution in [3.63, 3.8) is 0 Å². The van der Waals surface area contributed by atoms with Crippen molar-refractivity contribution in [2.45, 2.75) is 26.0 Å². The number of aliphatic carboxylic acids is 1. The SMILES string of the molecule is Cc1cc(COC(=O)ON2CCc3c(ccc(F)c3F)[C@H]2c2cc(Cl)ccc2OCC(=O)O)on1. The number of fused-ring (bicyclic) bond motifs is 1. The van der Waals surface area contributed by atoms with Gasteiger partial charge < -0.3 is 23.9 Å². The quantitative estimate of drug-likeness (QED) is 0.458. The third-order valence-electron chi connectivity index (χ3n) is 5.22. The summed E-state index contributed by atoms with van der Waals surface area (Å²) < 4.78 is 44.0. The summed E-state index contributed by atoms with van der Waals surface area (Å²) in [6.45, 7) is 0.779. The normalized spacial score (nSPS) is 15.4. The third kappa shape index (κ3) is 5.52. The summed E-state index contributed by atoms with van der Waals surface area (Å²) in [5, 5.41) is 14.2. The van der Waals surface area contributed by atoms with Crippen LogP contribution < -0.4 is 4.74 Å². The predicted molar refractivity (Wildman–Crippen MR) is 116 cm³/mol. The lowest BCUT2D eigenvalue weighted by molar-refractivity contribution is -0.153. The second kappa shape index (κ2) is 10.3. The molecule has 12 heteroatoms. The monoisotopic (exact) mass is 508 g/mol. The smallest absolute Gasteiger partial charge is 0.482 e. The fraction of sp³-hybridized carbons (Fsp3) is 0.261. The fourth-order valence-corrected chi connectivity index (χ4v) is 3.97. The molecule has 0 unspecified atom stereocenters. The minimum absolute atomic E-state index is 0.0237. The van der Waals surface area contributed by atoms with E-state index in [4.69, 9.17) is 35.5 Å². The van der Waals surface area contributed by atoms with Gasteiger partial charge in [-0.1, -0.05) is 22.8 Å². The van der Waals surface area contributed by atoms with Gasteiger partial charge in [0.1, 0.15) is 11.8 Å². The van der Waals surface area contributed by atoms with Crippen LogP contribution in [0.4, 0.5) is 13.6 Å². The number of halogens is 3. The Hall–Kier alpha value is -3.70. The van der Waals surface area contributed by atoms with Crippen LogP contribution in [0.2, 0.25) is 5.02 Å². The molecule has 1 aromatic heterocycles. The van der Waals surface area contributed by atoms with Crippen molar-refractivity contribution >= 4 is 23.7 Å².